The van der Waals surface area contributed by atoms with E-state index in [4.69, 9.17) is 0 Å². The van der Waals surface area contributed by atoms with Crippen molar-refractivity contribution in [2.75, 3.05) is 25.5 Å². The summed E-state index contributed by atoms with van der Waals surface area (Å²) < 4.78 is 3.28. The van der Waals surface area contributed by atoms with Gasteiger partial charge in [0.1, 0.15) is 0 Å². The molecule has 3 heterocycles. The Hall–Kier alpha value is -2.18. The van der Waals surface area contributed by atoms with E-state index in [2.05, 4.69) is 91.0 Å². The summed E-state index contributed by atoms with van der Waals surface area (Å²) in [4.78, 5) is 4.56. The quantitative estimate of drug-likeness (QED) is 0.661. The van der Waals surface area contributed by atoms with Crippen LogP contribution in [0.4, 0.5) is 11.4 Å². The molecule has 0 spiro atoms. The van der Waals surface area contributed by atoms with E-state index in [0.29, 0.717) is 0 Å². The Morgan fingerprint density at radius 2 is 2.00 bits per heavy atom. The minimum atomic E-state index is 0.744. The topological polar surface area (TPSA) is 37.2 Å². The predicted molar refractivity (Wildman–Crippen MR) is 103 cm³/mol. The van der Waals surface area contributed by atoms with E-state index in [1.807, 2.05) is 0 Å². The summed E-state index contributed by atoms with van der Waals surface area (Å²) in [5.74, 6) is 1.88. The molecule has 0 amide bonds. The van der Waals surface area contributed by atoms with Crippen LogP contribution in [-0.2, 0) is 13.0 Å². The van der Waals surface area contributed by atoms with Gasteiger partial charge in [0.05, 0.1) is 23.6 Å². The molecule has 0 radical (unpaired) electrons. The van der Waals surface area contributed by atoms with Crippen LogP contribution in [-0.4, -0.2) is 40.3 Å². The summed E-state index contributed by atoms with van der Waals surface area (Å²) >= 11 is 3.64. The van der Waals surface area contributed by atoms with E-state index < -0.39 is 0 Å². The molecule has 0 saturated heterocycles. The smallest absolute Gasteiger partial charge is 0.170 e. The second-order valence-corrected chi connectivity index (χ2v) is 7.78. The minimum absolute atomic E-state index is 0.744. The lowest BCUT2D eigenvalue weighted by Crippen LogP contribution is -2.17. The van der Waals surface area contributed by atoms with Crippen molar-refractivity contribution in [3.05, 3.63) is 52.3 Å². The number of anilines is 2. The van der Waals surface area contributed by atoms with E-state index in [-0.39, 0.29) is 0 Å². The van der Waals surface area contributed by atoms with Crippen molar-refractivity contribution in [2.45, 2.75) is 13.0 Å². The molecule has 0 N–H and O–H groups in total. The van der Waals surface area contributed by atoms with Crippen molar-refractivity contribution in [1.29, 1.82) is 0 Å². The Labute approximate surface area is 155 Å². The Morgan fingerprint density at radius 1 is 1.12 bits per heavy atom. The Morgan fingerprint density at radius 3 is 2.84 bits per heavy atom. The summed E-state index contributed by atoms with van der Waals surface area (Å²) in [6.45, 7) is 1.75. The number of hydrogen-bond acceptors (Lipinski definition) is 4. The third kappa shape index (κ3) is 2.17. The Balaban J connectivity index is 1.88. The minimum Gasteiger partial charge on any atom is -0.339 e. The molecule has 2 aliphatic heterocycles. The van der Waals surface area contributed by atoms with Gasteiger partial charge in [-0.05, 0) is 50.3 Å². The SMILES string of the molecule is CN(C)Cc1nnc2n1-c1cc(Br)ccc1N1CCc3cccc-2c31. The van der Waals surface area contributed by atoms with Crippen molar-refractivity contribution < 1.29 is 0 Å². The van der Waals surface area contributed by atoms with Crippen LogP contribution in [0.5, 0.6) is 0 Å². The summed E-state index contributed by atoms with van der Waals surface area (Å²) in [7, 11) is 4.11. The molecule has 1 aromatic heterocycles. The number of halogens is 1. The van der Waals surface area contributed by atoms with Gasteiger partial charge in [-0.3, -0.25) is 4.57 Å². The van der Waals surface area contributed by atoms with Gasteiger partial charge in [0, 0.05) is 16.6 Å². The number of aromatic nitrogens is 3. The van der Waals surface area contributed by atoms with E-state index in [0.717, 1.165) is 41.3 Å². The van der Waals surface area contributed by atoms with Crippen molar-refractivity contribution in [3.8, 4) is 17.1 Å². The molecule has 0 saturated carbocycles. The average molecular weight is 396 g/mol. The molecule has 2 aliphatic rings. The molecule has 5 nitrogen and oxygen atoms in total. The van der Waals surface area contributed by atoms with Gasteiger partial charge in [0.25, 0.3) is 0 Å². The molecule has 6 heteroatoms. The van der Waals surface area contributed by atoms with E-state index in [1.165, 1.54) is 22.5 Å². The van der Waals surface area contributed by atoms with Crippen LogP contribution < -0.4 is 4.90 Å². The highest BCUT2D eigenvalue weighted by atomic mass is 79.9. The average Bonchev–Trinajstić information content (AvgIpc) is 3.15. The van der Waals surface area contributed by atoms with E-state index in [1.54, 1.807) is 0 Å². The lowest BCUT2D eigenvalue weighted by Gasteiger charge is -2.22. The maximum Gasteiger partial charge on any atom is 0.170 e. The molecular formula is C19H18BrN5. The lowest BCUT2D eigenvalue weighted by molar-refractivity contribution is 0.387. The van der Waals surface area contributed by atoms with Gasteiger partial charge in [0.15, 0.2) is 11.6 Å². The molecule has 2 aromatic carbocycles. The maximum absolute atomic E-state index is 4.59. The summed E-state index contributed by atoms with van der Waals surface area (Å²) in [6.07, 6.45) is 1.07. The van der Waals surface area contributed by atoms with Gasteiger partial charge in [-0.2, -0.15) is 0 Å². The van der Waals surface area contributed by atoms with Gasteiger partial charge >= 0.3 is 0 Å². The second-order valence-electron chi connectivity index (χ2n) is 6.86. The van der Waals surface area contributed by atoms with Gasteiger partial charge in [0.2, 0.25) is 0 Å². The first-order valence-electron chi connectivity index (χ1n) is 8.42. The summed E-state index contributed by atoms with van der Waals surface area (Å²) in [6, 6.07) is 13.0. The van der Waals surface area contributed by atoms with Crippen molar-refractivity contribution in [1.82, 2.24) is 19.7 Å². The van der Waals surface area contributed by atoms with Crippen molar-refractivity contribution in [2.24, 2.45) is 0 Å². The molecule has 3 aromatic rings. The van der Waals surface area contributed by atoms with Gasteiger partial charge in [-0.15, -0.1) is 10.2 Å². The number of para-hydroxylation sites is 1. The maximum atomic E-state index is 4.59. The van der Waals surface area contributed by atoms with Gasteiger partial charge < -0.3 is 9.80 Å². The molecule has 0 atom stereocenters. The van der Waals surface area contributed by atoms with Crippen LogP contribution in [0.15, 0.2) is 40.9 Å². The number of hydrogen-bond donors (Lipinski definition) is 0. The number of fused-ring (bicyclic) bond motifs is 5. The fourth-order valence-corrected chi connectivity index (χ4v) is 4.26. The molecule has 0 unspecified atom stereocenters. The van der Waals surface area contributed by atoms with Crippen LogP contribution in [0.2, 0.25) is 0 Å². The zero-order valence-electron chi connectivity index (χ0n) is 14.2. The normalized spacial score (nSPS) is 14.3. The van der Waals surface area contributed by atoms with Crippen LogP contribution in [0.1, 0.15) is 11.4 Å². The number of benzene rings is 2. The van der Waals surface area contributed by atoms with Gasteiger partial charge in [-0.1, -0.05) is 28.1 Å². The molecule has 0 aliphatic carbocycles. The number of nitrogens with zero attached hydrogens (tertiary/aromatic N) is 5. The zero-order chi connectivity index (χ0) is 17.1. The molecular weight excluding hydrogens is 378 g/mol. The number of rotatable bonds is 2. The molecule has 0 bridgehead atoms. The van der Waals surface area contributed by atoms with E-state index in [9.17, 15) is 0 Å². The molecule has 0 fully saturated rings. The Kier molecular flexibility index (Phi) is 3.27. The predicted octanol–water partition coefficient (Wildman–Crippen LogP) is 3.77. The monoisotopic (exact) mass is 395 g/mol. The van der Waals surface area contributed by atoms with Gasteiger partial charge in [-0.25, -0.2) is 0 Å². The summed E-state index contributed by atoms with van der Waals surface area (Å²) in [5, 5.41) is 9.11. The lowest BCUT2D eigenvalue weighted by atomic mass is 10.1. The first-order chi connectivity index (χ1) is 12.1. The fraction of sp³-hybridized carbons (Fsp3) is 0.263. The second kappa shape index (κ2) is 5.41. The fourth-order valence-electron chi connectivity index (χ4n) is 3.91. The third-order valence-electron chi connectivity index (χ3n) is 4.89. The highest BCUT2D eigenvalue weighted by Crippen LogP contribution is 2.47. The zero-order valence-corrected chi connectivity index (χ0v) is 15.8. The van der Waals surface area contributed by atoms with Crippen LogP contribution in [0.25, 0.3) is 17.1 Å². The van der Waals surface area contributed by atoms with Crippen LogP contribution in [0.3, 0.4) is 0 Å². The molecule has 5 rings (SSSR count). The van der Waals surface area contributed by atoms with Crippen LogP contribution >= 0.6 is 15.9 Å². The summed E-state index contributed by atoms with van der Waals surface area (Å²) in [5.41, 5.74) is 6.19. The first-order valence-corrected chi connectivity index (χ1v) is 9.21. The highest BCUT2D eigenvalue weighted by molar-refractivity contribution is 9.10. The first kappa shape index (κ1) is 15.1. The molecule has 126 valence electrons. The van der Waals surface area contributed by atoms with Crippen LogP contribution in [0, 0.1) is 0 Å². The standard InChI is InChI=1S/C19H18BrN5/c1-23(2)11-17-21-22-19-14-5-3-4-12-8-9-24(18(12)14)15-7-6-13(20)10-16(15)25(17)19/h3-7,10H,8-9,11H2,1-2H3. The third-order valence-corrected chi connectivity index (χ3v) is 5.39. The van der Waals surface area contributed by atoms with E-state index >= 15 is 0 Å². The molecule has 25 heavy (non-hydrogen) atoms. The Bertz CT molecular complexity index is 991. The largest absolute Gasteiger partial charge is 0.339 e. The van der Waals surface area contributed by atoms with Crippen molar-refractivity contribution >= 4 is 27.3 Å². The van der Waals surface area contributed by atoms with Crippen molar-refractivity contribution in [3.63, 3.8) is 0 Å². The highest BCUT2D eigenvalue weighted by Gasteiger charge is 2.32.